The van der Waals surface area contributed by atoms with Crippen LogP contribution in [0.15, 0.2) is 12.7 Å². The van der Waals surface area contributed by atoms with E-state index >= 15 is 0 Å². The topological polar surface area (TPSA) is 52.7 Å². The Morgan fingerprint density at radius 3 is 2.79 bits per heavy atom. The Morgan fingerprint density at radius 1 is 1.25 bits per heavy atom. The summed E-state index contributed by atoms with van der Waals surface area (Å²) in [6.07, 6.45) is 8.61. The minimum atomic E-state index is 0.208. The van der Waals surface area contributed by atoms with Gasteiger partial charge >= 0.3 is 0 Å². The monoisotopic (exact) mass is 333 g/mol. The van der Waals surface area contributed by atoms with Crippen molar-refractivity contribution in [2.45, 2.75) is 44.9 Å². The number of nitrogens with one attached hydrogen (secondary N) is 1. The largest absolute Gasteiger partial charge is 0.342 e. The summed E-state index contributed by atoms with van der Waals surface area (Å²) >= 11 is 0. The summed E-state index contributed by atoms with van der Waals surface area (Å²) in [6.45, 7) is 8.98. The van der Waals surface area contributed by atoms with E-state index in [0.29, 0.717) is 18.9 Å². The molecule has 0 aromatic heterocycles. The average Bonchev–Trinajstić information content (AvgIpc) is 2.88. The third-order valence-corrected chi connectivity index (χ3v) is 6.16. The first kappa shape index (κ1) is 17.5. The molecule has 1 N–H and O–H groups in total. The van der Waals surface area contributed by atoms with E-state index in [0.717, 1.165) is 71.2 Å². The highest BCUT2D eigenvalue weighted by atomic mass is 16.2. The van der Waals surface area contributed by atoms with E-state index in [9.17, 15) is 9.59 Å². The molecule has 134 valence electrons. The molecule has 3 heterocycles. The lowest BCUT2D eigenvalue weighted by molar-refractivity contribution is -0.144. The molecular weight excluding hydrogens is 302 g/mol. The van der Waals surface area contributed by atoms with E-state index in [1.807, 2.05) is 11.0 Å². The standard InChI is InChI=1S/C19H31N3O2/c1-2-12-22-15-19(7-5-17(22)23)8-13-21(14-9-19)18(24)16-4-3-10-20-11-6-16/h2,16,20H,1,3-15H2. The number of carbonyl (C=O) groups is 2. The normalized spacial score (nSPS) is 27.8. The van der Waals surface area contributed by atoms with Crippen LogP contribution in [0.3, 0.4) is 0 Å². The molecule has 0 bridgehead atoms. The average molecular weight is 333 g/mol. The number of amides is 2. The van der Waals surface area contributed by atoms with Gasteiger partial charge in [0.05, 0.1) is 0 Å². The van der Waals surface area contributed by atoms with Gasteiger partial charge in [0.2, 0.25) is 11.8 Å². The van der Waals surface area contributed by atoms with Gasteiger partial charge in [0, 0.05) is 38.5 Å². The Kier molecular flexibility index (Phi) is 5.59. The smallest absolute Gasteiger partial charge is 0.225 e. The first-order chi connectivity index (χ1) is 11.6. The van der Waals surface area contributed by atoms with Crippen molar-refractivity contribution in [2.24, 2.45) is 11.3 Å². The zero-order chi connectivity index (χ0) is 17.0. The first-order valence-electron chi connectivity index (χ1n) is 9.52. The van der Waals surface area contributed by atoms with Gasteiger partial charge in [-0.05, 0) is 57.0 Å². The summed E-state index contributed by atoms with van der Waals surface area (Å²) in [5.74, 6) is 0.826. The van der Waals surface area contributed by atoms with E-state index in [1.54, 1.807) is 0 Å². The van der Waals surface area contributed by atoms with Crippen molar-refractivity contribution in [3.05, 3.63) is 12.7 Å². The van der Waals surface area contributed by atoms with Crippen LogP contribution in [0, 0.1) is 11.3 Å². The molecule has 0 aromatic rings. The number of nitrogens with zero attached hydrogens (tertiary/aromatic N) is 2. The van der Waals surface area contributed by atoms with Crippen LogP contribution in [0.2, 0.25) is 0 Å². The number of carbonyl (C=O) groups excluding carboxylic acids is 2. The number of hydrogen-bond donors (Lipinski definition) is 1. The summed E-state index contributed by atoms with van der Waals surface area (Å²) in [6, 6.07) is 0. The molecule has 0 aromatic carbocycles. The van der Waals surface area contributed by atoms with Crippen LogP contribution in [0.4, 0.5) is 0 Å². The molecular formula is C19H31N3O2. The fraction of sp³-hybridized carbons (Fsp3) is 0.789. The molecule has 2 amide bonds. The van der Waals surface area contributed by atoms with E-state index in [4.69, 9.17) is 0 Å². The summed E-state index contributed by atoms with van der Waals surface area (Å²) in [4.78, 5) is 28.9. The molecule has 1 unspecified atom stereocenters. The molecule has 0 saturated carbocycles. The second-order valence-corrected chi connectivity index (χ2v) is 7.77. The fourth-order valence-corrected chi connectivity index (χ4v) is 4.56. The summed E-state index contributed by atoms with van der Waals surface area (Å²) in [7, 11) is 0. The van der Waals surface area contributed by atoms with Crippen molar-refractivity contribution >= 4 is 11.8 Å². The highest BCUT2D eigenvalue weighted by Gasteiger charge is 2.42. The molecule has 1 spiro atoms. The first-order valence-corrected chi connectivity index (χ1v) is 9.52. The number of hydrogen-bond acceptors (Lipinski definition) is 3. The van der Waals surface area contributed by atoms with E-state index < -0.39 is 0 Å². The van der Waals surface area contributed by atoms with Crippen molar-refractivity contribution in [2.75, 3.05) is 39.3 Å². The van der Waals surface area contributed by atoms with Gasteiger partial charge < -0.3 is 15.1 Å². The Hall–Kier alpha value is -1.36. The lowest BCUT2D eigenvalue weighted by Gasteiger charge is -2.47. The van der Waals surface area contributed by atoms with Crippen LogP contribution >= 0.6 is 0 Å². The zero-order valence-electron chi connectivity index (χ0n) is 14.8. The van der Waals surface area contributed by atoms with Crippen molar-refractivity contribution in [3.8, 4) is 0 Å². The van der Waals surface area contributed by atoms with E-state index in [1.165, 1.54) is 0 Å². The van der Waals surface area contributed by atoms with Crippen LogP contribution < -0.4 is 5.32 Å². The number of rotatable bonds is 3. The number of likely N-dealkylation sites (tertiary alicyclic amines) is 2. The minimum Gasteiger partial charge on any atom is -0.342 e. The van der Waals surface area contributed by atoms with Gasteiger partial charge in [-0.2, -0.15) is 0 Å². The molecule has 24 heavy (non-hydrogen) atoms. The highest BCUT2D eigenvalue weighted by Crippen LogP contribution is 2.40. The Labute approximate surface area is 145 Å². The van der Waals surface area contributed by atoms with Crippen LogP contribution in [0.5, 0.6) is 0 Å². The Balaban J connectivity index is 1.55. The minimum absolute atomic E-state index is 0.208. The highest BCUT2D eigenvalue weighted by molar-refractivity contribution is 5.79. The molecule has 3 aliphatic heterocycles. The van der Waals surface area contributed by atoms with Crippen LogP contribution in [-0.4, -0.2) is 60.9 Å². The lowest BCUT2D eigenvalue weighted by atomic mass is 9.72. The van der Waals surface area contributed by atoms with Crippen molar-refractivity contribution in [1.82, 2.24) is 15.1 Å². The van der Waals surface area contributed by atoms with Crippen molar-refractivity contribution < 1.29 is 9.59 Å². The second-order valence-electron chi connectivity index (χ2n) is 7.77. The zero-order valence-corrected chi connectivity index (χ0v) is 14.8. The lowest BCUT2D eigenvalue weighted by Crippen LogP contribution is -2.53. The van der Waals surface area contributed by atoms with Crippen molar-refractivity contribution in [3.63, 3.8) is 0 Å². The predicted molar refractivity (Wildman–Crippen MR) is 94.5 cm³/mol. The van der Waals surface area contributed by atoms with Crippen LogP contribution in [0.25, 0.3) is 0 Å². The van der Waals surface area contributed by atoms with Crippen LogP contribution in [0.1, 0.15) is 44.9 Å². The number of piperidine rings is 2. The molecule has 3 fully saturated rings. The maximum absolute atomic E-state index is 12.8. The van der Waals surface area contributed by atoms with Gasteiger partial charge in [-0.25, -0.2) is 0 Å². The Bertz CT molecular complexity index is 475. The van der Waals surface area contributed by atoms with Gasteiger partial charge in [-0.3, -0.25) is 9.59 Å². The molecule has 3 rings (SSSR count). The summed E-state index contributed by atoms with van der Waals surface area (Å²) < 4.78 is 0. The maximum Gasteiger partial charge on any atom is 0.225 e. The van der Waals surface area contributed by atoms with E-state index in [2.05, 4.69) is 16.8 Å². The molecule has 0 radical (unpaired) electrons. The Morgan fingerprint density at radius 2 is 2.04 bits per heavy atom. The molecule has 0 aliphatic carbocycles. The van der Waals surface area contributed by atoms with Crippen LogP contribution in [-0.2, 0) is 9.59 Å². The molecule has 3 aliphatic rings. The van der Waals surface area contributed by atoms with Gasteiger partial charge in [-0.1, -0.05) is 6.08 Å². The van der Waals surface area contributed by atoms with Gasteiger partial charge in [0.1, 0.15) is 0 Å². The fourth-order valence-electron chi connectivity index (χ4n) is 4.56. The molecule has 3 saturated heterocycles. The molecule has 1 atom stereocenters. The molecule has 5 nitrogen and oxygen atoms in total. The third kappa shape index (κ3) is 3.82. The second kappa shape index (κ2) is 7.68. The van der Waals surface area contributed by atoms with Gasteiger partial charge in [0.15, 0.2) is 0 Å². The third-order valence-electron chi connectivity index (χ3n) is 6.16. The SMILES string of the molecule is C=CCN1CC2(CCC1=O)CCN(C(=O)C1CCCNCC1)CC2. The predicted octanol–water partition coefficient (Wildman–Crippen LogP) is 1.79. The van der Waals surface area contributed by atoms with E-state index in [-0.39, 0.29) is 17.2 Å². The summed E-state index contributed by atoms with van der Waals surface area (Å²) in [5.41, 5.74) is 0.221. The quantitative estimate of drug-likeness (QED) is 0.801. The van der Waals surface area contributed by atoms with Gasteiger partial charge in [0.25, 0.3) is 0 Å². The van der Waals surface area contributed by atoms with Gasteiger partial charge in [-0.15, -0.1) is 6.58 Å². The summed E-state index contributed by atoms with van der Waals surface area (Å²) in [5, 5.41) is 3.39. The molecule has 5 heteroatoms. The van der Waals surface area contributed by atoms with Crippen molar-refractivity contribution in [1.29, 1.82) is 0 Å². The maximum atomic E-state index is 12.8.